The quantitative estimate of drug-likeness (QED) is 0.432. The van der Waals surface area contributed by atoms with Crippen LogP contribution < -0.4 is 5.32 Å². The van der Waals surface area contributed by atoms with E-state index in [9.17, 15) is 0 Å². The molecule has 0 unspecified atom stereocenters. The summed E-state index contributed by atoms with van der Waals surface area (Å²) in [6, 6.07) is 0. The van der Waals surface area contributed by atoms with Crippen LogP contribution in [0.3, 0.4) is 0 Å². The van der Waals surface area contributed by atoms with Crippen LogP contribution >= 0.6 is 35.3 Å². The number of halogens is 1. The van der Waals surface area contributed by atoms with E-state index in [1.807, 2.05) is 0 Å². The fourth-order valence-electron chi connectivity index (χ4n) is 3.87. The number of thiazole rings is 1. The zero-order valence-electron chi connectivity index (χ0n) is 14.3. The van der Waals surface area contributed by atoms with Crippen molar-refractivity contribution in [1.82, 2.24) is 15.2 Å². The smallest absolute Gasteiger partial charge is 0.193 e. The second-order valence-electron chi connectivity index (χ2n) is 6.72. The van der Waals surface area contributed by atoms with Crippen molar-refractivity contribution in [3.8, 4) is 0 Å². The minimum Gasteiger partial charge on any atom is -0.357 e. The second kappa shape index (κ2) is 8.65. The first kappa shape index (κ1) is 19.0. The molecular formula is C17H29IN4S. The van der Waals surface area contributed by atoms with Gasteiger partial charge in [-0.25, -0.2) is 4.98 Å². The molecular weight excluding hydrogens is 419 g/mol. The van der Waals surface area contributed by atoms with Gasteiger partial charge in [-0.2, -0.15) is 0 Å². The minimum absolute atomic E-state index is 0. The molecule has 1 saturated heterocycles. The minimum atomic E-state index is 0. The molecule has 1 saturated carbocycles. The summed E-state index contributed by atoms with van der Waals surface area (Å²) in [5, 5.41) is 6.78. The molecule has 2 heterocycles. The molecule has 1 spiro atoms. The molecule has 3 rings (SSSR count). The van der Waals surface area contributed by atoms with E-state index in [1.54, 1.807) is 11.3 Å². The number of aryl methyl sites for hydroxylation is 1. The van der Waals surface area contributed by atoms with Crippen LogP contribution in [0.1, 0.15) is 49.7 Å². The lowest BCUT2D eigenvalue weighted by molar-refractivity contribution is 0.309. The number of likely N-dealkylation sites (tertiary alicyclic amines) is 1. The van der Waals surface area contributed by atoms with E-state index in [2.05, 4.69) is 34.4 Å². The van der Waals surface area contributed by atoms with Crippen LogP contribution in [0.5, 0.6) is 0 Å². The van der Waals surface area contributed by atoms with Crippen molar-refractivity contribution >= 4 is 41.3 Å². The van der Waals surface area contributed by atoms with Crippen molar-refractivity contribution in [3.63, 3.8) is 0 Å². The van der Waals surface area contributed by atoms with Crippen molar-refractivity contribution < 1.29 is 0 Å². The van der Waals surface area contributed by atoms with Crippen LogP contribution in [0.4, 0.5) is 0 Å². The summed E-state index contributed by atoms with van der Waals surface area (Å²) in [5.74, 6) is 1.11. The Labute approximate surface area is 161 Å². The Morgan fingerprint density at radius 2 is 2.17 bits per heavy atom. The molecule has 4 nitrogen and oxygen atoms in total. The van der Waals surface area contributed by atoms with Gasteiger partial charge in [-0.3, -0.25) is 4.99 Å². The Hall–Kier alpha value is -0.370. The normalized spacial score (nSPS) is 20.1. The standard InChI is InChI=1S/C17H28N4S.HI/c1-3-18-16(19-10-6-15-12-22-14(2)20-15)21-11-9-17(13-21)7-4-5-8-17;/h12H,3-11,13H2,1-2H3,(H,18,19);1H. The van der Waals surface area contributed by atoms with Crippen LogP contribution in [-0.2, 0) is 6.42 Å². The summed E-state index contributed by atoms with van der Waals surface area (Å²) < 4.78 is 0. The Balaban J connectivity index is 0.00000192. The largest absolute Gasteiger partial charge is 0.357 e. The first-order valence-corrected chi connectivity index (χ1v) is 9.53. The van der Waals surface area contributed by atoms with Crippen LogP contribution in [0.25, 0.3) is 0 Å². The van der Waals surface area contributed by atoms with E-state index in [0.29, 0.717) is 5.41 Å². The maximum absolute atomic E-state index is 4.85. The number of nitrogens with one attached hydrogen (secondary N) is 1. The average molecular weight is 448 g/mol. The maximum atomic E-state index is 4.85. The number of hydrogen-bond acceptors (Lipinski definition) is 3. The van der Waals surface area contributed by atoms with Gasteiger partial charge in [-0.15, -0.1) is 35.3 Å². The van der Waals surface area contributed by atoms with E-state index in [-0.39, 0.29) is 24.0 Å². The Morgan fingerprint density at radius 3 is 2.83 bits per heavy atom. The maximum Gasteiger partial charge on any atom is 0.193 e. The molecule has 23 heavy (non-hydrogen) atoms. The summed E-state index contributed by atoms with van der Waals surface area (Å²) in [5.41, 5.74) is 1.78. The molecule has 0 amide bonds. The fraction of sp³-hybridized carbons (Fsp3) is 0.765. The lowest BCUT2D eigenvalue weighted by atomic mass is 9.86. The van der Waals surface area contributed by atoms with Gasteiger partial charge in [0.15, 0.2) is 5.96 Å². The molecule has 1 aromatic rings. The number of nitrogens with zero attached hydrogens (tertiary/aromatic N) is 3. The molecule has 2 fully saturated rings. The summed E-state index contributed by atoms with van der Waals surface area (Å²) in [6.07, 6.45) is 7.97. The zero-order valence-corrected chi connectivity index (χ0v) is 17.5. The second-order valence-corrected chi connectivity index (χ2v) is 7.78. The molecule has 0 atom stereocenters. The topological polar surface area (TPSA) is 40.5 Å². The van der Waals surface area contributed by atoms with Gasteiger partial charge in [0.05, 0.1) is 10.7 Å². The monoisotopic (exact) mass is 448 g/mol. The van der Waals surface area contributed by atoms with Crippen molar-refractivity contribution in [3.05, 3.63) is 16.1 Å². The van der Waals surface area contributed by atoms with E-state index < -0.39 is 0 Å². The number of guanidine groups is 1. The summed E-state index contributed by atoms with van der Waals surface area (Å²) in [7, 11) is 0. The van der Waals surface area contributed by atoms with Crippen LogP contribution in [0.2, 0.25) is 0 Å². The average Bonchev–Trinajstić information content (AvgIpc) is 3.22. The highest BCUT2D eigenvalue weighted by Crippen LogP contribution is 2.45. The van der Waals surface area contributed by atoms with Crippen molar-refractivity contribution in [1.29, 1.82) is 0 Å². The number of aliphatic imine (C=N–C) groups is 1. The molecule has 1 aliphatic carbocycles. The Kier molecular flexibility index (Phi) is 7.13. The molecule has 130 valence electrons. The van der Waals surface area contributed by atoms with Gasteiger partial charge in [0.1, 0.15) is 0 Å². The number of hydrogen-bond donors (Lipinski definition) is 1. The summed E-state index contributed by atoms with van der Waals surface area (Å²) >= 11 is 1.73. The van der Waals surface area contributed by atoms with E-state index in [4.69, 9.17) is 4.99 Å². The van der Waals surface area contributed by atoms with E-state index in [0.717, 1.165) is 30.5 Å². The highest BCUT2D eigenvalue weighted by atomic mass is 127. The third-order valence-corrected chi connectivity index (χ3v) is 5.86. The summed E-state index contributed by atoms with van der Waals surface area (Å²) in [4.78, 5) is 11.9. The van der Waals surface area contributed by atoms with Gasteiger partial charge in [-0.05, 0) is 38.5 Å². The zero-order chi connectivity index (χ0) is 15.4. The number of rotatable bonds is 4. The van der Waals surface area contributed by atoms with Crippen LogP contribution in [-0.4, -0.2) is 42.0 Å². The van der Waals surface area contributed by atoms with Crippen LogP contribution in [0.15, 0.2) is 10.4 Å². The fourth-order valence-corrected chi connectivity index (χ4v) is 4.52. The van der Waals surface area contributed by atoms with Gasteiger partial charge in [0.25, 0.3) is 0 Å². The number of aromatic nitrogens is 1. The predicted molar refractivity (Wildman–Crippen MR) is 109 cm³/mol. The summed E-state index contributed by atoms with van der Waals surface area (Å²) in [6.45, 7) is 8.36. The molecule has 6 heteroatoms. The molecule has 1 aliphatic heterocycles. The van der Waals surface area contributed by atoms with Gasteiger partial charge < -0.3 is 10.2 Å². The predicted octanol–water partition coefficient (Wildman–Crippen LogP) is 3.84. The van der Waals surface area contributed by atoms with Gasteiger partial charge >= 0.3 is 0 Å². The molecule has 0 radical (unpaired) electrons. The Bertz CT molecular complexity index is 522. The molecule has 0 bridgehead atoms. The SMILES string of the molecule is CCNC(=NCCc1csc(C)n1)N1CCC2(CCCC2)C1.I. The van der Waals surface area contributed by atoms with Crippen molar-refractivity contribution in [2.75, 3.05) is 26.2 Å². The van der Waals surface area contributed by atoms with Crippen LogP contribution in [0, 0.1) is 12.3 Å². The lowest BCUT2D eigenvalue weighted by Crippen LogP contribution is -2.41. The first-order chi connectivity index (χ1) is 10.7. The third kappa shape index (κ3) is 4.81. The molecule has 0 aromatic carbocycles. The molecule has 2 aliphatic rings. The molecule has 1 aromatic heterocycles. The third-order valence-electron chi connectivity index (χ3n) is 5.03. The van der Waals surface area contributed by atoms with Crippen molar-refractivity contribution in [2.45, 2.75) is 52.4 Å². The van der Waals surface area contributed by atoms with E-state index >= 15 is 0 Å². The molecule has 1 N–H and O–H groups in total. The lowest BCUT2D eigenvalue weighted by Gasteiger charge is -2.25. The van der Waals surface area contributed by atoms with Gasteiger partial charge in [0, 0.05) is 38.0 Å². The Morgan fingerprint density at radius 1 is 1.39 bits per heavy atom. The van der Waals surface area contributed by atoms with Gasteiger partial charge in [-0.1, -0.05) is 12.8 Å². The first-order valence-electron chi connectivity index (χ1n) is 8.65. The highest BCUT2D eigenvalue weighted by Gasteiger charge is 2.41. The van der Waals surface area contributed by atoms with Gasteiger partial charge in [0.2, 0.25) is 0 Å². The highest BCUT2D eigenvalue weighted by molar-refractivity contribution is 14.0. The van der Waals surface area contributed by atoms with Crippen molar-refractivity contribution in [2.24, 2.45) is 10.4 Å². The van der Waals surface area contributed by atoms with E-state index in [1.165, 1.54) is 50.9 Å².